The van der Waals surface area contributed by atoms with Crippen LogP contribution in [0.3, 0.4) is 0 Å². The van der Waals surface area contributed by atoms with Gasteiger partial charge in [0.25, 0.3) is 0 Å². The third-order valence-electron chi connectivity index (χ3n) is 4.63. The molecule has 2 rings (SSSR count). The van der Waals surface area contributed by atoms with Gasteiger partial charge in [0.15, 0.2) is 6.23 Å². The van der Waals surface area contributed by atoms with Crippen molar-refractivity contribution in [1.29, 1.82) is 0 Å². The lowest BCUT2D eigenvalue weighted by molar-refractivity contribution is -0.0803. The molecule has 1 aromatic rings. The Labute approximate surface area is 182 Å². The van der Waals surface area contributed by atoms with Gasteiger partial charge in [-0.15, -0.1) is 0 Å². The molecule has 2 unspecified atom stereocenters. The topological polar surface area (TPSA) is 144 Å². The van der Waals surface area contributed by atoms with E-state index < -0.39 is 44.2 Å². The summed E-state index contributed by atoms with van der Waals surface area (Å²) in [6.45, 7) is 9.37. The number of aryl methyl sites for hydroxylation is 1. The van der Waals surface area contributed by atoms with Gasteiger partial charge in [-0.25, -0.2) is 9.36 Å². The van der Waals surface area contributed by atoms with Gasteiger partial charge in [0.05, 0.1) is 25.4 Å². The smallest absolute Gasteiger partial charge is 0.383 e. The molecule has 178 valence electrons. The second kappa shape index (κ2) is 11.0. The first-order valence-electron chi connectivity index (χ1n) is 10.3. The fourth-order valence-electron chi connectivity index (χ4n) is 3.36. The van der Waals surface area contributed by atoms with Crippen molar-refractivity contribution in [1.82, 2.24) is 9.55 Å². The Morgan fingerprint density at radius 1 is 1.29 bits per heavy atom. The zero-order valence-electron chi connectivity index (χ0n) is 18.9. The molecule has 0 spiro atoms. The third-order valence-corrected chi connectivity index (χ3v) is 5.83. The maximum atomic E-state index is 12.6. The maximum absolute atomic E-state index is 12.6. The highest BCUT2D eigenvalue weighted by Crippen LogP contribution is 2.50. The average molecular weight is 463 g/mol. The minimum absolute atomic E-state index is 0.118. The third kappa shape index (κ3) is 7.08. The van der Waals surface area contributed by atoms with Crippen LogP contribution in [0.25, 0.3) is 0 Å². The Morgan fingerprint density at radius 3 is 2.55 bits per heavy atom. The average Bonchev–Trinajstić information content (AvgIpc) is 2.93. The summed E-state index contributed by atoms with van der Waals surface area (Å²) in [5, 5.41) is 0. The van der Waals surface area contributed by atoms with Crippen LogP contribution in [-0.2, 0) is 27.8 Å². The molecule has 1 aliphatic heterocycles. The van der Waals surface area contributed by atoms with E-state index in [1.807, 2.05) is 13.8 Å². The largest absolute Gasteiger partial charge is 0.472 e. The van der Waals surface area contributed by atoms with Crippen molar-refractivity contribution in [2.75, 3.05) is 26.1 Å². The highest BCUT2D eigenvalue weighted by Gasteiger charge is 2.50. The Hall–Kier alpha value is -1.33. The van der Waals surface area contributed by atoms with Gasteiger partial charge in [-0.3, -0.25) is 13.6 Å². The van der Waals surface area contributed by atoms with Crippen LogP contribution in [0.4, 0.5) is 5.82 Å². The van der Waals surface area contributed by atoms with Crippen molar-refractivity contribution in [3.8, 4) is 0 Å². The summed E-state index contributed by atoms with van der Waals surface area (Å²) in [5.74, 6) is 0.300. The molecular weight excluding hydrogens is 429 g/mol. The molecule has 12 heteroatoms. The molecule has 11 nitrogen and oxygen atoms in total. The predicted molar refractivity (Wildman–Crippen MR) is 114 cm³/mol. The Bertz CT molecular complexity index is 831. The molecule has 0 aromatic carbocycles. The highest BCUT2D eigenvalue weighted by atomic mass is 31.2. The number of phosphoric acid groups is 1. The maximum Gasteiger partial charge on any atom is 0.472 e. The molecule has 1 aromatic heterocycles. The molecule has 5 atom stereocenters. The molecule has 31 heavy (non-hydrogen) atoms. The summed E-state index contributed by atoms with van der Waals surface area (Å²) in [6, 6.07) is 0. The number of phosphoric ester groups is 1. The number of aromatic nitrogens is 2. The summed E-state index contributed by atoms with van der Waals surface area (Å²) in [5.41, 5.74) is 5.71. The summed E-state index contributed by atoms with van der Waals surface area (Å²) in [4.78, 5) is 26.6. The zero-order chi connectivity index (χ0) is 23.3. The monoisotopic (exact) mass is 463 g/mol. The molecular formula is C19H34N3O8P. The molecule has 0 bridgehead atoms. The highest BCUT2D eigenvalue weighted by molar-refractivity contribution is 7.47. The molecule has 0 amide bonds. The van der Waals surface area contributed by atoms with Crippen LogP contribution in [0.5, 0.6) is 0 Å². The van der Waals surface area contributed by atoms with Crippen molar-refractivity contribution in [3.63, 3.8) is 0 Å². The molecule has 1 saturated heterocycles. The van der Waals surface area contributed by atoms with Crippen LogP contribution in [0.15, 0.2) is 11.0 Å². The Kier molecular flexibility index (Phi) is 9.20. The normalized spacial score (nSPS) is 26.0. The SMILES string of the molecule is COCCOC1[C@@H](OP(=O)(O)OC(C)C)[C@@H](CC(C)C)O[C@H]1n1cc(C)c(N)nc1=O. The molecule has 3 N–H and O–H groups in total. The van der Waals surface area contributed by atoms with Crippen LogP contribution in [0.2, 0.25) is 0 Å². The Morgan fingerprint density at radius 2 is 1.97 bits per heavy atom. The second-order valence-corrected chi connectivity index (χ2v) is 9.57. The van der Waals surface area contributed by atoms with Gasteiger partial charge >= 0.3 is 13.5 Å². The van der Waals surface area contributed by atoms with Crippen LogP contribution >= 0.6 is 7.82 Å². The van der Waals surface area contributed by atoms with Crippen molar-refractivity contribution in [3.05, 3.63) is 22.2 Å². The minimum Gasteiger partial charge on any atom is -0.383 e. The number of anilines is 1. The van der Waals surface area contributed by atoms with Crippen LogP contribution < -0.4 is 11.4 Å². The van der Waals surface area contributed by atoms with Gasteiger partial charge in [-0.05, 0) is 33.1 Å². The first-order chi connectivity index (χ1) is 14.4. The second-order valence-electron chi connectivity index (χ2n) is 8.21. The van der Waals surface area contributed by atoms with E-state index in [2.05, 4.69) is 4.98 Å². The van der Waals surface area contributed by atoms with Gasteiger partial charge in [0.2, 0.25) is 0 Å². The van der Waals surface area contributed by atoms with E-state index in [4.69, 9.17) is 29.0 Å². The number of methoxy groups -OCH3 is 1. The minimum atomic E-state index is -4.42. The molecule has 2 heterocycles. The van der Waals surface area contributed by atoms with E-state index in [-0.39, 0.29) is 24.9 Å². The van der Waals surface area contributed by atoms with Gasteiger partial charge in [0, 0.05) is 18.9 Å². The number of hydrogen-bond donors (Lipinski definition) is 2. The van der Waals surface area contributed by atoms with Gasteiger partial charge in [-0.2, -0.15) is 4.98 Å². The number of ether oxygens (including phenoxy) is 3. The lowest BCUT2D eigenvalue weighted by Gasteiger charge is -2.27. The number of rotatable bonds is 11. The standard InChI is InChI=1S/C19H34N3O8P/c1-11(2)9-14-15(30-31(24,25)29-12(3)4)16(27-8-7-26-6)18(28-14)22-10-13(5)17(20)21-19(22)23/h10-12,14-16,18H,7-9H2,1-6H3,(H,24,25)(H2,20,21,23)/t14-,15+,16?,18-/m1/s1. The van der Waals surface area contributed by atoms with Crippen molar-refractivity contribution in [2.45, 2.75) is 71.7 Å². The lowest BCUT2D eigenvalue weighted by atomic mass is 10.0. The number of hydrogen-bond acceptors (Lipinski definition) is 9. The fraction of sp³-hybridized carbons (Fsp3) is 0.789. The molecule has 0 radical (unpaired) electrons. The van der Waals surface area contributed by atoms with E-state index in [0.29, 0.717) is 12.0 Å². The van der Waals surface area contributed by atoms with E-state index in [1.54, 1.807) is 20.8 Å². The van der Waals surface area contributed by atoms with Crippen molar-refractivity contribution < 1.29 is 32.7 Å². The summed E-state index contributed by atoms with van der Waals surface area (Å²) >= 11 is 0. The first kappa shape index (κ1) is 25.9. The molecule has 1 aliphatic rings. The van der Waals surface area contributed by atoms with Crippen molar-refractivity contribution >= 4 is 13.6 Å². The lowest BCUT2D eigenvalue weighted by Crippen LogP contribution is -2.40. The first-order valence-corrected chi connectivity index (χ1v) is 11.8. The van der Waals surface area contributed by atoms with Gasteiger partial charge < -0.3 is 24.8 Å². The quantitative estimate of drug-likeness (QED) is 0.369. The van der Waals surface area contributed by atoms with Crippen LogP contribution in [0, 0.1) is 12.8 Å². The van der Waals surface area contributed by atoms with Crippen LogP contribution in [0.1, 0.15) is 45.9 Å². The van der Waals surface area contributed by atoms with Crippen LogP contribution in [-0.4, -0.2) is 59.2 Å². The molecule has 0 saturated carbocycles. The fourth-order valence-corrected chi connectivity index (χ4v) is 4.51. The summed E-state index contributed by atoms with van der Waals surface area (Å²) in [7, 11) is -2.89. The van der Waals surface area contributed by atoms with Crippen molar-refractivity contribution in [2.24, 2.45) is 5.92 Å². The number of nitrogens with two attached hydrogens (primary N) is 1. The summed E-state index contributed by atoms with van der Waals surface area (Å²) < 4.78 is 41.6. The van der Waals surface area contributed by atoms with E-state index >= 15 is 0 Å². The molecule has 0 aliphatic carbocycles. The predicted octanol–water partition coefficient (Wildman–Crippen LogP) is 2.02. The molecule has 1 fully saturated rings. The van der Waals surface area contributed by atoms with E-state index in [1.165, 1.54) is 17.9 Å². The number of nitrogen functional groups attached to an aromatic ring is 1. The zero-order valence-corrected chi connectivity index (χ0v) is 19.8. The van der Waals surface area contributed by atoms with Gasteiger partial charge in [-0.1, -0.05) is 13.8 Å². The summed E-state index contributed by atoms with van der Waals surface area (Å²) in [6.07, 6.45) is -1.93. The Balaban J connectivity index is 2.45. The number of nitrogens with zero attached hydrogens (tertiary/aromatic N) is 2. The van der Waals surface area contributed by atoms with E-state index in [0.717, 1.165) is 0 Å². The van der Waals surface area contributed by atoms with Gasteiger partial charge in [0.1, 0.15) is 18.0 Å². The van der Waals surface area contributed by atoms with E-state index in [9.17, 15) is 14.3 Å².